The number of aryl methyl sites for hydroxylation is 1. The number of nitrogens with one attached hydrogen (secondary N) is 1. The molecule has 1 aromatic rings. The summed E-state index contributed by atoms with van der Waals surface area (Å²) in [5, 5.41) is 14.2. The summed E-state index contributed by atoms with van der Waals surface area (Å²) in [7, 11) is -3.88. The molecule has 0 aromatic heterocycles. The lowest BCUT2D eigenvalue weighted by molar-refractivity contribution is -0.385. The quantitative estimate of drug-likeness (QED) is 0.565. The average Bonchev–Trinajstić information content (AvgIpc) is 2.64. The van der Waals surface area contributed by atoms with E-state index in [1.165, 1.54) is 10.4 Å². The Balaban J connectivity index is 0.00000280. The van der Waals surface area contributed by atoms with Crippen LogP contribution in [-0.4, -0.2) is 67.2 Å². The summed E-state index contributed by atoms with van der Waals surface area (Å²) < 4.78 is 27.8. The lowest BCUT2D eigenvalue weighted by Crippen LogP contribution is -2.57. The van der Waals surface area contributed by atoms with Crippen molar-refractivity contribution in [1.29, 1.82) is 0 Å². The van der Waals surface area contributed by atoms with Gasteiger partial charge in [0.2, 0.25) is 15.9 Å². The number of hydrogen-bond acceptors (Lipinski definition) is 6. The first kappa shape index (κ1) is 22.5. The second kappa shape index (κ2) is 8.73. The van der Waals surface area contributed by atoms with Gasteiger partial charge in [0.1, 0.15) is 0 Å². The SMILES string of the molecule is Cc1cc([N+](=O)[O-])cc(S(=O)(=O)N2CCCC(N3CCNCC3=O)C2)c1C.Cl. The molecule has 2 aliphatic heterocycles. The van der Waals surface area contributed by atoms with Gasteiger partial charge in [0, 0.05) is 44.4 Å². The van der Waals surface area contributed by atoms with Crippen LogP contribution in [0.4, 0.5) is 5.69 Å². The Kier molecular flexibility index (Phi) is 7.02. The summed E-state index contributed by atoms with van der Waals surface area (Å²) in [5.74, 6) is -0.0205. The summed E-state index contributed by atoms with van der Waals surface area (Å²) in [5.41, 5.74) is 0.845. The van der Waals surface area contributed by atoms with E-state index in [2.05, 4.69) is 5.32 Å². The van der Waals surface area contributed by atoms with Gasteiger partial charge >= 0.3 is 0 Å². The lowest BCUT2D eigenvalue weighted by atomic mass is 10.1. The predicted molar refractivity (Wildman–Crippen MR) is 106 cm³/mol. The van der Waals surface area contributed by atoms with Gasteiger partial charge in [0.05, 0.1) is 16.4 Å². The number of piperazine rings is 1. The van der Waals surface area contributed by atoms with Gasteiger partial charge in [-0.15, -0.1) is 12.4 Å². The van der Waals surface area contributed by atoms with Gasteiger partial charge in [0.25, 0.3) is 5.69 Å². The van der Waals surface area contributed by atoms with E-state index in [0.717, 1.165) is 12.5 Å². The zero-order valence-electron chi connectivity index (χ0n) is 15.9. The van der Waals surface area contributed by atoms with Crippen molar-refractivity contribution < 1.29 is 18.1 Å². The molecule has 156 valence electrons. The molecule has 0 spiro atoms. The predicted octanol–water partition coefficient (Wildman–Crippen LogP) is 1.22. The summed E-state index contributed by atoms with van der Waals surface area (Å²) in [6.07, 6.45) is 1.40. The maximum absolute atomic E-state index is 13.2. The van der Waals surface area contributed by atoms with Gasteiger partial charge in [-0.3, -0.25) is 14.9 Å². The number of sulfonamides is 1. The Labute approximate surface area is 170 Å². The van der Waals surface area contributed by atoms with Crippen molar-refractivity contribution in [3.63, 3.8) is 0 Å². The highest BCUT2D eigenvalue weighted by Crippen LogP contribution is 2.30. The topological polar surface area (TPSA) is 113 Å². The third kappa shape index (κ3) is 4.29. The fraction of sp³-hybridized carbons (Fsp3) is 0.588. The van der Waals surface area contributed by atoms with Crippen molar-refractivity contribution in [2.45, 2.75) is 37.6 Å². The molecule has 0 radical (unpaired) electrons. The molecule has 2 saturated heterocycles. The Morgan fingerprint density at radius 3 is 2.61 bits per heavy atom. The average molecular weight is 433 g/mol. The molecule has 2 fully saturated rings. The van der Waals surface area contributed by atoms with Crippen molar-refractivity contribution in [3.05, 3.63) is 33.4 Å². The van der Waals surface area contributed by atoms with Crippen LogP contribution in [-0.2, 0) is 14.8 Å². The normalized spacial score (nSPS) is 21.3. The number of benzene rings is 1. The van der Waals surface area contributed by atoms with Crippen LogP contribution < -0.4 is 5.32 Å². The summed E-state index contributed by atoms with van der Waals surface area (Å²) >= 11 is 0. The van der Waals surface area contributed by atoms with Gasteiger partial charge in [0.15, 0.2) is 0 Å². The number of carbonyl (C=O) groups excluding carboxylic acids is 1. The number of nitrogens with zero attached hydrogens (tertiary/aromatic N) is 3. The Morgan fingerprint density at radius 1 is 1.25 bits per heavy atom. The highest BCUT2D eigenvalue weighted by molar-refractivity contribution is 7.89. The number of piperidine rings is 1. The molecule has 1 aromatic carbocycles. The fourth-order valence-electron chi connectivity index (χ4n) is 3.72. The van der Waals surface area contributed by atoms with E-state index in [9.17, 15) is 23.3 Å². The van der Waals surface area contributed by atoms with Crippen LogP contribution >= 0.6 is 12.4 Å². The molecule has 2 heterocycles. The van der Waals surface area contributed by atoms with E-state index in [1.54, 1.807) is 18.7 Å². The second-order valence-electron chi connectivity index (χ2n) is 7.07. The number of halogens is 1. The fourth-order valence-corrected chi connectivity index (χ4v) is 5.56. The summed E-state index contributed by atoms with van der Waals surface area (Å²) in [6, 6.07) is 2.35. The number of non-ortho nitro benzene ring substituents is 1. The van der Waals surface area contributed by atoms with E-state index in [0.29, 0.717) is 37.2 Å². The highest BCUT2D eigenvalue weighted by atomic mass is 35.5. The number of nitro groups is 1. The van der Waals surface area contributed by atoms with Crippen LogP contribution in [0, 0.1) is 24.0 Å². The lowest BCUT2D eigenvalue weighted by Gasteiger charge is -2.40. The van der Waals surface area contributed by atoms with E-state index in [1.807, 2.05) is 0 Å². The molecule has 1 atom stereocenters. The molecule has 1 N–H and O–H groups in total. The zero-order chi connectivity index (χ0) is 19.8. The van der Waals surface area contributed by atoms with E-state index in [-0.39, 0.29) is 48.0 Å². The van der Waals surface area contributed by atoms with Gasteiger partial charge in [-0.05, 0) is 37.8 Å². The molecule has 0 aliphatic carbocycles. The van der Waals surface area contributed by atoms with Crippen LogP contribution in [0.25, 0.3) is 0 Å². The maximum Gasteiger partial charge on any atom is 0.271 e. The Bertz CT molecular complexity index is 877. The molecule has 0 saturated carbocycles. The largest absolute Gasteiger partial charge is 0.336 e. The Hall–Kier alpha value is -1.75. The zero-order valence-corrected chi connectivity index (χ0v) is 17.5. The maximum atomic E-state index is 13.2. The van der Waals surface area contributed by atoms with Gasteiger partial charge in [-0.2, -0.15) is 4.31 Å². The minimum absolute atomic E-state index is 0. The monoisotopic (exact) mass is 432 g/mol. The first-order valence-corrected chi connectivity index (χ1v) is 10.4. The van der Waals surface area contributed by atoms with Gasteiger partial charge in [-0.25, -0.2) is 8.42 Å². The summed E-state index contributed by atoms with van der Waals surface area (Å²) in [6.45, 7) is 5.42. The van der Waals surface area contributed by atoms with Gasteiger partial charge in [-0.1, -0.05) is 0 Å². The molecule has 9 nitrogen and oxygen atoms in total. The van der Waals surface area contributed by atoms with E-state index in [4.69, 9.17) is 0 Å². The number of nitro benzene ring substituents is 1. The van der Waals surface area contributed by atoms with E-state index >= 15 is 0 Å². The van der Waals surface area contributed by atoms with Crippen molar-refractivity contribution in [2.24, 2.45) is 0 Å². The van der Waals surface area contributed by atoms with Crippen LogP contribution in [0.5, 0.6) is 0 Å². The third-order valence-electron chi connectivity index (χ3n) is 5.36. The number of hydrogen-bond donors (Lipinski definition) is 1. The minimum Gasteiger partial charge on any atom is -0.336 e. The van der Waals surface area contributed by atoms with Crippen LogP contribution in [0.1, 0.15) is 24.0 Å². The number of rotatable bonds is 4. The van der Waals surface area contributed by atoms with Crippen molar-refractivity contribution >= 4 is 34.0 Å². The third-order valence-corrected chi connectivity index (χ3v) is 7.35. The van der Waals surface area contributed by atoms with Gasteiger partial charge < -0.3 is 10.2 Å². The van der Waals surface area contributed by atoms with Crippen LogP contribution in [0.15, 0.2) is 17.0 Å². The van der Waals surface area contributed by atoms with Crippen molar-refractivity contribution in [1.82, 2.24) is 14.5 Å². The van der Waals surface area contributed by atoms with Crippen molar-refractivity contribution in [2.75, 3.05) is 32.7 Å². The second-order valence-corrected chi connectivity index (χ2v) is 8.97. The number of amides is 1. The molecule has 3 rings (SSSR count). The molecule has 1 unspecified atom stereocenters. The first-order valence-electron chi connectivity index (χ1n) is 8.98. The highest BCUT2D eigenvalue weighted by Gasteiger charge is 2.36. The molecule has 1 amide bonds. The molecule has 28 heavy (non-hydrogen) atoms. The standard InChI is InChI=1S/C17H24N4O5S.ClH/c1-12-8-15(21(23)24)9-16(13(12)2)27(25,26)19-6-3-4-14(11-19)20-7-5-18-10-17(20)22;/h8-9,14,18H,3-7,10-11H2,1-2H3;1H. The summed E-state index contributed by atoms with van der Waals surface area (Å²) in [4.78, 5) is 24.5. The smallest absolute Gasteiger partial charge is 0.271 e. The number of carbonyl (C=O) groups is 1. The minimum atomic E-state index is -3.88. The molecular formula is C17H25ClN4O5S. The van der Waals surface area contributed by atoms with E-state index < -0.39 is 14.9 Å². The molecular weight excluding hydrogens is 408 g/mol. The Morgan fingerprint density at radius 2 is 1.96 bits per heavy atom. The first-order chi connectivity index (χ1) is 12.7. The van der Waals surface area contributed by atoms with Crippen LogP contribution in [0.2, 0.25) is 0 Å². The molecule has 11 heteroatoms. The molecule has 2 aliphatic rings. The van der Waals surface area contributed by atoms with Crippen molar-refractivity contribution in [3.8, 4) is 0 Å². The molecule has 0 bridgehead atoms. The van der Waals surface area contributed by atoms with Crippen LogP contribution in [0.3, 0.4) is 0 Å².